The molecule has 4 rings (SSSR count). The van der Waals surface area contributed by atoms with Crippen LogP contribution in [-0.2, 0) is 21.6 Å². The Morgan fingerprint density at radius 2 is 2.22 bits per heavy atom. The van der Waals surface area contributed by atoms with Crippen molar-refractivity contribution < 1.29 is 19.4 Å². The molecule has 1 aromatic carbocycles. The minimum atomic E-state index is -0.923. The number of aromatic nitrogens is 3. The first-order chi connectivity index (χ1) is 15.3. The lowest BCUT2D eigenvalue weighted by Gasteiger charge is -2.36. The zero-order chi connectivity index (χ0) is 23.0. The van der Waals surface area contributed by atoms with Gasteiger partial charge in [-0.1, -0.05) is 13.3 Å². The van der Waals surface area contributed by atoms with Gasteiger partial charge >= 0.3 is 5.97 Å². The van der Waals surface area contributed by atoms with Crippen LogP contribution in [0.25, 0.3) is 10.9 Å². The van der Waals surface area contributed by atoms with Gasteiger partial charge in [0.25, 0.3) is 0 Å². The fourth-order valence-corrected chi connectivity index (χ4v) is 4.79. The van der Waals surface area contributed by atoms with Crippen LogP contribution in [0.1, 0.15) is 73.0 Å². The van der Waals surface area contributed by atoms with E-state index in [1.807, 2.05) is 33.8 Å². The van der Waals surface area contributed by atoms with E-state index in [4.69, 9.17) is 9.47 Å². The van der Waals surface area contributed by atoms with Gasteiger partial charge in [-0.3, -0.25) is 9.89 Å². The highest BCUT2D eigenvalue weighted by atomic mass is 16.5. The Kier molecular flexibility index (Phi) is 5.70. The molecule has 1 aliphatic heterocycles. The zero-order valence-corrected chi connectivity index (χ0v) is 18.8. The number of rotatable bonds is 7. The van der Waals surface area contributed by atoms with Gasteiger partial charge in [0, 0.05) is 16.6 Å². The lowest BCUT2D eigenvalue weighted by Crippen LogP contribution is -2.37. The van der Waals surface area contributed by atoms with Crippen molar-refractivity contribution in [3.8, 4) is 11.8 Å². The molecule has 3 heterocycles. The molecule has 3 N–H and O–H groups in total. The van der Waals surface area contributed by atoms with Gasteiger partial charge in [0.15, 0.2) is 0 Å². The summed E-state index contributed by atoms with van der Waals surface area (Å²) in [5.41, 5.74) is 4.72. The number of hydrogen-bond donors (Lipinski definition) is 3. The summed E-state index contributed by atoms with van der Waals surface area (Å²) in [6, 6.07) is 6.02. The van der Waals surface area contributed by atoms with Gasteiger partial charge in [0.05, 0.1) is 35.9 Å². The van der Waals surface area contributed by atoms with E-state index in [1.54, 1.807) is 6.07 Å². The monoisotopic (exact) mass is 436 g/mol. The summed E-state index contributed by atoms with van der Waals surface area (Å²) in [7, 11) is 0. The number of aliphatic carboxylic acids is 1. The van der Waals surface area contributed by atoms with Gasteiger partial charge in [0.2, 0.25) is 0 Å². The summed E-state index contributed by atoms with van der Waals surface area (Å²) in [5, 5.41) is 27.6. The smallest absolute Gasteiger partial charge is 0.306 e. The molecule has 0 amide bonds. The molecule has 8 heteroatoms. The molecular weight excluding hydrogens is 408 g/mol. The predicted molar refractivity (Wildman–Crippen MR) is 119 cm³/mol. The van der Waals surface area contributed by atoms with Crippen LogP contribution in [0.4, 0.5) is 0 Å². The number of carbonyl (C=O) groups is 1. The number of carboxylic acid groups (broad SMARTS) is 1. The van der Waals surface area contributed by atoms with Gasteiger partial charge in [-0.25, -0.2) is 0 Å². The number of nitrogens with zero attached hydrogens (tertiary/aromatic N) is 2. The molecule has 168 valence electrons. The molecule has 0 saturated heterocycles. The fraction of sp³-hybridized carbons (Fsp3) is 0.458. The number of aromatic amines is 2. The maximum Gasteiger partial charge on any atom is 0.306 e. The normalized spacial score (nSPS) is 18.8. The molecular formula is C24H28N4O4. The van der Waals surface area contributed by atoms with Crippen LogP contribution in [0.5, 0.6) is 5.75 Å². The lowest BCUT2D eigenvalue weighted by molar-refractivity contribution is -0.149. The summed E-state index contributed by atoms with van der Waals surface area (Å²) < 4.78 is 12.3. The molecule has 0 spiro atoms. The fourth-order valence-electron chi connectivity index (χ4n) is 4.79. The third-order valence-electron chi connectivity index (χ3n) is 6.24. The maximum atomic E-state index is 11.7. The van der Waals surface area contributed by atoms with Crippen molar-refractivity contribution in [3.05, 3.63) is 45.9 Å². The Bertz CT molecular complexity index is 1220. The average Bonchev–Trinajstić information content (AvgIpc) is 3.35. The number of H-pyrrole nitrogens is 2. The van der Waals surface area contributed by atoms with Crippen molar-refractivity contribution >= 4 is 16.9 Å². The highest BCUT2D eigenvalue weighted by Gasteiger charge is 2.42. The molecule has 2 aromatic heterocycles. The van der Waals surface area contributed by atoms with E-state index < -0.39 is 11.6 Å². The second-order valence-electron chi connectivity index (χ2n) is 8.54. The van der Waals surface area contributed by atoms with E-state index >= 15 is 0 Å². The van der Waals surface area contributed by atoms with Crippen LogP contribution in [0.2, 0.25) is 0 Å². The summed E-state index contributed by atoms with van der Waals surface area (Å²) in [5.74, 6) is -0.310. The van der Waals surface area contributed by atoms with Crippen LogP contribution >= 0.6 is 0 Å². The molecule has 32 heavy (non-hydrogen) atoms. The van der Waals surface area contributed by atoms with Crippen molar-refractivity contribution in [1.82, 2.24) is 15.2 Å². The number of aryl methyl sites for hydroxylation is 2. The third-order valence-corrected chi connectivity index (χ3v) is 6.24. The highest BCUT2D eigenvalue weighted by Crippen LogP contribution is 2.45. The van der Waals surface area contributed by atoms with Gasteiger partial charge in [-0.15, -0.1) is 0 Å². The Morgan fingerprint density at radius 3 is 2.84 bits per heavy atom. The topological polar surface area (TPSA) is 124 Å². The Hall–Kier alpha value is -3.31. The standard InChI is InChI=1S/C24H28N4O4/c1-5-7-24(11-20(29)30)23-17(6-8-31-24)21-16(12-25)10-19(14(3)22(21)26-23)32-15(4)18-9-13(2)27-28-18/h9-10,15,26H,5-8,11H2,1-4H3,(H,27,28)(H,29,30). The van der Waals surface area contributed by atoms with Gasteiger partial charge in [0.1, 0.15) is 23.1 Å². The number of fused-ring (bicyclic) bond motifs is 3. The van der Waals surface area contributed by atoms with Crippen LogP contribution in [0.15, 0.2) is 12.1 Å². The second kappa shape index (κ2) is 8.32. The van der Waals surface area contributed by atoms with Crippen molar-refractivity contribution in [2.45, 2.75) is 65.1 Å². The molecule has 0 saturated carbocycles. The van der Waals surface area contributed by atoms with Crippen LogP contribution < -0.4 is 4.74 Å². The first-order valence-corrected chi connectivity index (χ1v) is 10.9. The number of ether oxygens (including phenoxy) is 2. The molecule has 0 aliphatic carbocycles. The molecule has 3 aromatic rings. The third kappa shape index (κ3) is 3.63. The number of nitriles is 1. The van der Waals surface area contributed by atoms with Gasteiger partial charge in [-0.05, 0) is 51.3 Å². The first-order valence-electron chi connectivity index (χ1n) is 10.9. The van der Waals surface area contributed by atoms with Crippen molar-refractivity contribution in [1.29, 1.82) is 5.26 Å². The zero-order valence-electron chi connectivity index (χ0n) is 18.8. The molecule has 0 radical (unpaired) electrons. The predicted octanol–water partition coefficient (Wildman–Crippen LogP) is 4.56. The van der Waals surface area contributed by atoms with Crippen molar-refractivity contribution in [2.24, 2.45) is 0 Å². The van der Waals surface area contributed by atoms with E-state index in [0.717, 1.165) is 45.5 Å². The van der Waals surface area contributed by atoms with E-state index in [2.05, 4.69) is 21.3 Å². The van der Waals surface area contributed by atoms with E-state index in [0.29, 0.717) is 30.8 Å². The number of benzene rings is 1. The Balaban J connectivity index is 1.86. The average molecular weight is 437 g/mol. The molecule has 2 unspecified atom stereocenters. The highest BCUT2D eigenvalue weighted by molar-refractivity contribution is 5.94. The summed E-state index contributed by atoms with van der Waals surface area (Å²) in [4.78, 5) is 15.2. The minimum Gasteiger partial charge on any atom is -0.484 e. The summed E-state index contributed by atoms with van der Waals surface area (Å²) in [6.45, 7) is 8.23. The van der Waals surface area contributed by atoms with Crippen LogP contribution in [0, 0.1) is 25.2 Å². The SMILES string of the molecule is CCCC1(CC(=O)O)OCCc2c1[nH]c1c(C)c(OC(C)c3cc(C)[nH]n3)cc(C#N)c21. The number of nitrogens with one attached hydrogen (secondary N) is 2. The molecule has 1 aliphatic rings. The Labute approximate surface area is 186 Å². The molecule has 8 nitrogen and oxygen atoms in total. The van der Waals surface area contributed by atoms with E-state index in [1.165, 1.54) is 0 Å². The molecule has 0 fully saturated rings. The quantitative estimate of drug-likeness (QED) is 0.499. The summed E-state index contributed by atoms with van der Waals surface area (Å²) >= 11 is 0. The largest absolute Gasteiger partial charge is 0.484 e. The second-order valence-corrected chi connectivity index (χ2v) is 8.54. The van der Waals surface area contributed by atoms with Gasteiger partial charge < -0.3 is 19.6 Å². The first kappa shape index (κ1) is 21.9. The maximum absolute atomic E-state index is 11.7. The molecule has 2 atom stereocenters. The van der Waals surface area contributed by atoms with Crippen molar-refractivity contribution in [2.75, 3.05) is 6.61 Å². The minimum absolute atomic E-state index is 0.125. The number of hydrogen-bond acceptors (Lipinski definition) is 5. The van der Waals surface area contributed by atoms with Crippen LogP contribution in [-0.4, -0.2) is 32.9 Å². The van der Waals surface area contributed by atoms with E-state index in [9.17, 15) is 15.2 Å². The molecule has 0 bridgehead atoms. The van der Waals surface area contributed by atoms with Crippen LogP contribution in [0.3, 0.4) is 0 Å². The number of carboxylic acids is 1. The van der Waals surface area contributed by atoms with Gasteiger partial charge in [-0.2, -0.15) is 10.4 Å². The lowest BCUT2D eigenvalue weighted by atomic mass is 9.84. The Morgan fingerprint density at radius 1 is 1.44 bits per heavy atom. The van der Waals surface area contributed by atoms with Crippen molar-refractivity contribution in [3.63, 3.8) is 0 Å². The summed E-state index contributed by atoms with van der Waals surface area (Å²) in [6.07, 6.45) is 1.56. The van der Waals surface area contributed by atoms with E-state index in [-0.39, 0.29) is 12.5 Å².